The molecule has 0 radical (unpaired) electrons. The monoisotopic (exact) mass is 156 g/mol. The fraction of sp³-hybridized carbons (Fsp3) is 0.625. The van der Waals surface area contributed by atoms with Gasteiger partial charge in [0.1, 0.15) is 6.10 Å². The number of rotatable bonds is 1. The molecule has 0 saturated carbocycles. The molecule has 1 aliphatic rings. The lowest BCUT2D eigenvalue weighted by Crippen LogP contribution is -2.38. The van der Waals surface area contributed by atoms with E-state index in [0.29, 0.717) is 0 Å². The van der Waals surface area contributed by atoms with Gasteiger partial charge in [0.15, 0.2) is 0 Å². The molecular formula is C8H12O3. The highest BCUT2D eigenvalue weighted by Crippen LogP contribution is 2.28. The zero-order valence-electron chi connectivity index (χ0n) is 6.70. The Morgan fingerprint density at radius 3 is 2.82 bits per heavy atom. The molecule has 0 aliphatic carbocycles. The fourth-order valence-corrected chi connectivity index (χ4v) is 0.994. The molecular weight excluding hydrogens is 144 g/mol. The highest BCUT2D eigenvalue weighted by atomic mass is 16.6. The van der Waals surface area contributed by atoms with Crippen LogP contribution in [0.25, 0.3) is 0 Å². The lowest BCUT2D eigenvalue weighted by molar-refractivity contribution is -0.152. The van der Waals surface area contributed by atoms with E-state index in [1.165, 1.54) is 6.08 Å². The van der Waals surface area contributed by atoms with Gasteiger partial charge in [0.05, 0.1) is 6.61 Å². The summed E-state index contributed by atoms with van der Waals surface area (Å²) in [6.45, 7) is 3.71. The first kappa shape index (κ1) is 8.27. The maximum atomic E-state index is 10.7. The van der Waals surface area contributed by atoms with Crippen LogP contribution in [0.5, 0.6) is 0 Å². The van der Waals surface area contributed by atoms with Crippen molar-refractivity contribution in [2.45, 2.75) is 20.0 Å². The second-order valence-corrected chi connectivity index (χ2v) is 3.26. The van der Waals surface area contributed by atoms with E-state index in [1.54, 1.807) is 6.08 Å². The van der Waals surface area contributed by atoms with Crippen LogP contribution in [0, 0.1) is 5.41 Å². The normalized spacial score (nSPS) is 28.3. The number of aliphatic hydroxyl groups excluding tert-OH is 1. The summed E-state index contributed by atoms with van der Waals surface area (Å²) < 4.78 is 4.88. The zero-order chi connectivity index (χ0) is 8.48. The van der Waals surface area contributed by atoms with Crippen molar-refractivity contribution in [3.8, 4) is 0 Å². The molecule has 3 nitrogen and oxygen atoms in total. The van der Waals surface area contributed by atoms with Crippen LogP contribution < -0.4 is 0 Å². The SMILES string of the molecule is CC1(C)C=CC(=O)O[C@H]1CO. The van der Waals surface area contributed by atoms with Gasteiger partial charge in [-0.15, -0.1) is 0 Å². The van der Waals surface area contributed by atoms with Gasteiger partial charge in [-0.25, -0.2) is 4.79 Å². The first-order valence-corrected chi connectivity index (χ1v) is 3.57. The van der Waals surface area contributed by atoms with Crippen LogP contribution in [0.15, 0.2) is 12.2 Å². The Bertz CT molecular complexity index is 194. The van der Waals surface area contributed by atoms with E-state index in [4.69, 9.17) is 9.84 Å². The van der Waals surface area contributed by atoms with Crippen molar-refractivity contribution >= 4 is 5.97 Å². The van der Waals surface area contributed by atoms with Crippen molar-refractivity contribution < 1.29 is 14.6 Å². The van der Waals surface area contributed by atoms with Crippen molar-refractivity contribution in [3.63, 3.8) is 0 Å². The average molecular weight is 156 g/mol. The third-order valence-electron chi connectivity index (χ3n) is 1.90. The summed E-state index contributed by atoms with van der Waals surface area (Å²) >= 11 is 0. The quantitative estimate of drug-likeness (QED) is 0.562. The second-order valence-electron chi connectivity index (χ2n) is 3.26. The molecule has 1 rings (SSSR count). The number of esters is 1. The van der Waals surface area contributed by atoms with Gasteiger partial charge in [-0.3, -0.25) is 0 Å². The lowest BCUT2D eigenvalue weighted by Gasteiger charge is -2.32. The van der Waals surface area contributed by atoms with Gasteiger partial charge < -0.3 is 9.84 Å². The van der Waals surface area contributed by atoms with E-state index in [1.807, 2.05) is 13.8 Å². The lowest BCUT2D eigenvalue weighted by atomic mass is 9.85. The summed E-state index contributed by atoms with van der Waals surface area (Å²) in [6, 6.07) is 0. The summed E-state index contributed by atoms with van der Waals surface area (Å²) in [4.78, 5) is 10.7. The highest BCUT2D eigenvalue weighted by molar-refractivity contribution is 5.83. The molecule has 0 amide bonds. The Hall–Kier alpha value is -0.830. The summed E-state index contributed by atoms with van der Waals surface area (Å²) in [5, 5.41) is 8.83. The summed E-state index contributed by atoms with van der Waals surface area (Å²) in [5.41, 5.74) is -0.247. The van der Waals surface area contributed by atoms with Gasteiger partial charge in [0.25, 0.3) is 0 Å². The number of hydrogen-bond acceptors (Lipinski definition) is 3. The van der Waals surface area contributed by atoms with E-state index in [2.05, 4.69) is 0 Å². The van der Waals surface area contributed by atoms with E-state index in [0.717, 1.165) is 0 Å². The Balaban J connectivity index is 2.80. The molecule has 0 saturated heterocycles. The molecule has 0 fully saturated rings. The number of hydrogen-bond donors (Lipinski definition) is 1. The maximum absolute atomic E-state index is 10.7. The molecule has 1 atom stereocenters. The summed E-state index contributed by atoms with van der Waals surface area (Å²) in [7, 11) is 0. The van der Waals surface area contributed by atoms with Crippen molar-refractivity contribution in [1.82, 2.24) is 0 Å². The molecule has 0 aromatic rings. The number of aliphatic hydroxyl groups is 1. The van der Waals surface area contributed by atoms with E-state index in [-0.39, 0.29) is 18.0 Å². The Morgan fingerprint density at radius 2 is 2.36 bits per heavy atom. The third kappa shape index (κ3) is 1.60. The van der Waals surface area contributed by atoms with Gasteiger partial charge in [-0.05, 0) is 0 Å². The molecule has 11 heavy (non-hydrogen) atoms. The van der Waals surface area contributed by atoms with Crippen molar-refractivity contribution in [3.05, 3.63) is 12.2 Å². The van der Waals surface area contributed by atoms with Crippen LogP contribution in [0.4, 0.5) is 0 Å². The van der Waals surface area contributed by atoms with Gasteiger partial charge in [0, 0.05) is 11.5 Å². The Labute approximate surface area is 65.7 Å². The summed E-state index contributed by atoms with van der Waals surface area (Å²) in [6.07, 6.45) is 2.76. The van der Waals surface area contributed by atoms with Crippen LogP contribution in [0.1, 0.15) is 13.8 Å². The Kier molecular flexibility index (Phi) is 2.00. The minimum absolute atomic E-state index is 0.122. The predicted molar refractivity (Wildman–Crippen MR) is 39.9 cm³/mol. The van der Waals surface area contributed by atoms with Crippen LogP contribution >= 0.6 is 0 Å². The molecule has 1 aliphatic heterocycles. The van der Waals surface area contributed by atoms with Gasteiger partial charge >= 0.3 is 5.97 Å². The number of carbonyl (C=O) groups is 1. The van der Waals surface area contributed by atoms with Crippen LogP contribution in [-0.2, 0) is 9.53 Å². The Morgan fingerprint density at radius 1 is 1.73 bits per heavy atom. The van der Waals surface area contributed by atoms with Crippen molar-refractivity contribution in [1.29, 1.82) is 0 Å². The van der Waals surface area contributed by atoms with Crippen molar-refractivity contribution in [2.75, 3.05) is 6.61 Å². The predicted octanol–water partition coefficient (Wildman–Crippen LogP) is 0.486. The molecule has 62 valence electrons. The van der Waals surface area contributed by atoms with E-state index < -0.39 is 6.10 Å². The first-order valence-electron chi connectivity index (χ1n) is 3.57. The minimum atomic E-state index is -0.403. The minimum Gasteiger partial charge on any atom is -0.456 e. The first-order chi connectivity index (χ1) is 5.06. The third-order valence-corrected chi connectivity index (χ3v) is 1.90. The van der Waals surface area contributed by atoms with Crippen molar-refractivity contribution in [2.24, 2.45) is 5.41 Å². The molecule has 0 bridgehead atoms. The molecule has 3 heteroatoms. The average Bonchev–Trinajstić information content (AvgIpc) is 1.94. The largest absolute Gasteiger partial charge is 0.456 e. The van der Waals surface area contributed by atoms with Crippen LogP contribution in [-0.4, -0.2) is 23.8 Å². The summed E-state index contributed by atoms with van der Waals surface area (Å²) in [5.74, 6) is -0.372. The zero-order valence-corrected chi connectivity index (χ0v) is 6.70. The molecule has 1 heterocycles. The topological polar surface area (TPSA) is 46.5 Å². The number of carbonyl (C=O) groups excluding carboxylic acids is 1. The van der Waals surface area contributed by atoms with Gasteiger partial charge in [-0.2, -0.15) is 0 Å². The molecule has 1 N–H and O–H groups in total. The standard InChI is InChI=1S/C8H12O3/c1-8(2)4-3-7(10)11-6(8)5-9/h3-4,6,9H,5H2,1-2H3/t6-/m0/s1. The van der Waals surface area contributed by atoms with E-state index >= 15 is 0 Å². The smallest absolute Gasteiger partial charge is 0.330 e. The molecule has 0 aromatic heterocycles. The molecule has 0 aromatic carbocycles. The molecule has 0 spiro atoms. The van der Waals surface area contributed by atoms with Crippen LogP contribution in [0.2, 0.25) is 0 Å². The molecule has 0 unspecified atom stereocenters. The fourth-order valence-electron chi connectivity index (χ4n) is 0.994. The highest BCUT2D eigenvalue weighted by Gasteiger charge is 2.32. The van der Waals surface area contributed by atoms with Crippen LogP contribution in [0.3, 0.4) is 0 Å². The maximum Gasteiger partial charge on any atom is 0.330 e. The van der Waals surface area contributed by atoms with Gasteiger partial charge in [-0.1, -0.05) is 19.9 Å². The van der Waals surface area contributed by atoms with E-state index in [9.17, 15) is 4.79 Å². The van der Waals surface area contributed by atoms with Gasteiger partial charge in [0.2, 0.25) is 0 Å². The number of ether oxygens (including phenoxy) is 1. The second kappa shape index (κ2) is 2.66. The number of cyclic esters (lactones) is 1.